The summed E-state index contributed by atoms with van der Waals surface area (Å²) in [6.45, 7) is 5.78. The lowest BCUT2D eigenvalue weighted by Crippen LogP contribution is -2.37. The third-order valence-corrected chi connectivity index (χ3v) is 4.13. The highest BCUT2D eigenvalue weighted by molar-refractivity contribution is 8.01. The zero-order valence-electron chi connectivity index (χ0n) is 11.3. The number of hydrogen-bond acceptors (Lipinski definition) is 4. The molecular weight excluding hydrogens is 250 g/mol. The highest BCUT2D eigenvalue weighted by Crippen LogP contribution is 2.17. The third-order valence-electron chi connectivity index (χ3n) is 3.02. The normalized spacial score (nSPS) is 18.0. The first kappa shape index (κ1) is 15.3. The van der Waals surface area contributed by atoms with Crippen LogP contribution in [0.25, 0.3) is 0 Å². The highest BCUT2D eigenvalue weighted by atomic mass is 32.2. The zero-order chi connectivity index (χ0) is 13.4. The Morgan fingerprint density at radius 1 is 1.22 bits per heavy atom. The predicted octanol–water partition coefficient (Wildman–Crippen LogP) is 2.07. The molecule has 1 rings (SSSR count). The molecule has 4 nitrogen and oxygen atoms in total. The van der Waals surface area contributed by atoms with Crippen molar-refractivity contribution in [2.45, 2.75) is 44.8 Å². The van der Waals surface area contributed by atoms with E-state index in [1.165, 1.54) is 24.6 Å². The quantitative estimate of drug-likeness (QED) is 0.719. The average Bonchev–Trinajstić information content (AvgIpc) is 2.64. The number of rotatable bonds is 5. The number of esters is 1. The predicted molar refractivity (Wildman–Crippen MR) is 73.6 cm³/mol. The number of carbonyl (C=O) groups excluding carboxylic acids is 2. The Kier molecular flexibility index (Phi) is 7.16. The topological polar surface area (TPSA) is 46.6 Å². The molecule has 1 amide bonds. The Morgan fingerprint density at radius 3 is 2.39 bits per heavy atom. The number of nitrogens with zero attached hydrogens (tertiary/aromatic N) is 1. The van der Waals surface area contributed by atoms with Crippen LogP contribution < -0.4 is 0 Å². The molecule has 1 aliphatic rings. The first-order valence-corrected chi connectivity index (χ1v) is 7.76. The van der Waals surface area contributed by atoms with Gasteiger partial charge in [-0.25, -0.2) is 0 Å². The van der Waals surface area contributed by atoms with Gasteiger partial charge in [-0.15, -0.1) is 11.8 Å². The summed E-state index contributed by atoms with van der Waals surface area (Å²) in [6.07, 6.45) is 4.63. The molecule has 18 heavy (non-hydrogen) atoms. The molecule has 0 saturated carbocycles. The lowest BCUT2D eigenvalue weighted by atomic mass is 10.2. The summed E-state index contributed by atoms with van der Waals surface area (Å²) in [5.74, 6) is 0.179. The van der Waals surface area contributed by atoms with E-state index >= 15 is 0 Å². The molecule has 1 unspecified atom stereocenters. The Morgan fingerprint density at radius 2 is 1.83 bits per heavy atom. The van der Waals surface area contributed by atoms with E-state index in [1.54, 1.807) is 6.92 Å². The molecule has 0 spiro atoms. The average molecular weight is 273 g/mol. The van der Waals surface area contributed by atoms with Crippen molar-refractivity contribution in [3.63, 3.8) is 0 Å². The first-order valence-electron chi connectivity index (χ1n) is 6.71. The van der Waals surface area contributed by atoms with Crippen LogP contribution in [0.2, 0.25) is 0 Å². The molecule has 104 valence electrons. The summed E-state index contributed by atoms with van der Waals surface area (Å²) in [6, 6.07) is 0. The summed E-state index contributed by atoms with van der Waals surface area (Å²) in [5, 5.41) is -0.160. The zero-order valence-corrected chi connectivity index (χ0v) is 12.1. The first-order chi connectivity index (χ1) is 8.65. The lowest BCUT2D eigenvalue weighted by Gasteiger charge is -2.23. The van der Waals surface area contributed by atoms with E-state index in [-0.39, 0.29) is 22.9 Å². The molecule has 0 radical (unpaired) electrons. The van der Waals surface area contributed by atoms with Gasteiger partial charge in [0.2, 0.25) is 5.91 Å². The van der Waals surface area contributed by atoms with Crippen molar-refractivity contribution in [1.82, 2.24) is 4.90 Å². The molecule has 5 heteroatoms. The molecule has 0 bridgehead atoms. The fraction of sp³-hybridized carbons (Fsp3) is 0.846. The molecule has 0 aromatic carbocycles. The Hall–Kier alpha value is -0.710. The summed E-state index contributed by atoms with van der Waals surface area (Å²) in [5.41, 5.74) is 0. The van der Waals surface area contributed by atoms with Crippen molar-refractivity contribution in [2.24, 2.45) is 0 Å². The lowest BCUT2D eigenvalue weighted by molar-refractivity contribution is -0.139. The van der Waals surface area contributed by atoms with Gasteiger partial charge in [-0.05, 0) is 26.7 Å². The standard InChI is InChI=1S/C13H23NO3S/c1-3-17-12(15)10-18-11(2)13(16)14-8-6-4-5-7-9-14/h11H,3-10H2,1-2H3. The van der Waals surface area contributed by atoms with Gasteiger partial charge in [-0.3, -0.25) is 9.59 Å². The SMILES string of the molecule is CCOC(=O)CSC(C)C(=O)N1CCCCCC1. The molecule has 1 atom stereocenters. The van der Waals surface area contributed by atoms with Crippen molar-refractivity contribution < 1.29 is 14.3 Å². The minimum absolute atomic E-state index is 0.159. The molecule has 0 aromatic heterocycles. The second-order valence-corrected chi connectivity index (χ2v) is 5.83. The van der Waals surface area contributed by atoms with E-state index < -0.39 is 0 Å². The third kappa shape index (κ3) is 5.29. The van der Waals surface area contributed by atoms with Gasteiger partial charge in [0.1, 0.15) is 0 Å². The van der Waals surface area contributed by atoms with Crippen molar-refractivity contribution in [3.8, 4) is 0 Å². The largest absolute Gasteiger partial charge is 0.465 e. The monoisotopic (exact) mass is 273 g/mol. The summed E-state index contributed by atoms with van der Waals surface area (Å²) < 4.78 is 4.85. The number of ether oxygens (including phenoxy) is 1. The van der Waals surface area contributed by atoms with Crippen LogP contribution in [0.4, 0.5) is 0 Å². The molecule has 0 aliphatic carbocycles. The van der Waals surface area contributed by atoms with Crippen LogP contribution in [-0.2, 0) is 14.3 Å². The van der Waals surface area contributed by atoms with Gasteiger partial charge in [0.05, 0.1) is 17.6 Å². The van der Waals surface area contributed by atoms with Crippen LogP contribution in [0.1, 0.15) is 39.5 Å². The van der Waals surface area contributed by atoms with Crippen molar-refractivity contribution in [2.75, 3.05) is 25.4 Å². The highest BCUT2D eigenvalue weighted by Gasteiger charge is 2.22. The van der Waals surface area contributed by atoms with Crippen molar-refractivity contribution in [3.05, 3.63) is 0 Å². The van der Waals surface area contributed by atoms with E-state index in [9.17, 15) is 9.59 Å². The van der Waals surface area contributed by atoms with Gasteiger partial charge in [0.25, 0.3) is 0 Å². The van der Waals surface area contributed by atoms with E-state index in [4.69, 9.17) is 4.74 Å². The number of likely N-dealkylation sites (tertiary alicyclic amines) is 1. The van der Waals surface area contributed by atoms with Crippen LogP contribution in [0.5, 0.6) is 0 Å². The van der Waals surface area contributed by atoms with Gasteiger partial charge >= 0.3 is 5.97 Å². The summed E-state index contributed by atoms with van der Waals surface area (Å²) in [4.78, 5) is 25.3. The molecule has 1 saturated heterocycles. The van der Waals surface area contributed by atoms with Crippen molar-refractivity contribution in [1.29, 1.82) is 0 Å². The number of amides is 1. The van der Waals surface area contributed by atoms with Gasteiger partial charge in [0, 0.05) is 13.1 Å². The molecular formula is C13H23NO3S. The molecule has 1 fully saturated rings. The molecule has 0 N–H and O–H groups in total. The van der Waals surface area contributed by atoms with Gasteiger partial charge in [-0.1, -0.05) is 12.8 Å². The Labute approximate surface area is 113 Å². The maximum Gasteiger partial charge on any atom is 0.315 e. The fourth-order valence-electron chi connectivity index (χ4n) is 2.02. The number of hydrogen-bond donors (Lipinski definition) is 0. The second kappa shape index (κ2) is 8.40. The van der Waals surface area contributed by atoms with E-state index in [0.29, 0.717) is 6.61 Å². The van der Waals surface area contributed by atoms with Gasteiger partial charge in [0.15, 0.2) is 0 Å². The molecule has 0 aromatic rings. The van der Waals surface area contributed by atoms with E-state index in [2.05, 4.69) is 0 Å². The summed E-state index contributed by atoms with van der Waals surface area (Å²) >= 11 is 1.37. The number of carbonyl (C=O) groups is 2. The Balaban J connectivity index is 2.33. The maximum absolute atomic E-state index is 12.2. The van der Waals surface area contributed by atoms with Gasteiger partial charge in [-0.2, -0.15) is 0 Å². The van der Waals surface area contributed by atoms with Crippen LogP contribution >= 0.6 is 11.8 Å². The van der Waals surface area contributed by atoms with Crippen LogP contribution in [0, 0.1) is 0 Å². The Bertz CT molecular complexity index is 275. The molecule has 1 heterocycles. The van der Waals surface area contributed by atoms with E-state index in [1.807, 2.05) is 11.8 Å². The molecule has 1 aliphatic heterocycles. The number of thioether (sulfide) groups is 1. The second-order valence-electron chi connectivity index (χ2n) is 4.50. The minimum atomic E-state index is -0.238. The van der Waals surface area contributed by atoms with Gasteiger partial charge < -0.3 is 9.64 Å². The smallest absolute Gasteiger partial charge is 0.315 e. The van der Waals surface area contributed by atoms with Crippen molar-refractivity contribution >= 4 is 23.6 Å². The maximum atomic E-state index is 12.2. The van der Waals surface area contributed by atoms with Crippen LogP contribution in [0.15, 0.2) is 0 Å². The fourth-order valence-corrected chi connectivity index (χ4v) is 2.78. The van der Waals surface area contributed by atoms with Crippen LogP contribution in [-0.4, -0.2) is 47.5 Å². The van der Waals surface area contributed by atoms with Crippen LogP contribution in [0.3, 0.4) is 0 Å². The van der Waals surface area contributed by atoms with E-state index in [0.717, 1.165) is 25.9 Å². The minimum Gasteiger partial charge on any atom is -0.465 e. The summed E-state index contributed by atoms with van der Waals surface area (Å²) in [7, 11) is 0.